The average molecular weight is 388 g/mol. The highest BCUT2D eigenvalue weighted by atomic mass is 79.9. The van der Waals surface area contributed by atoms with Gasteiger partial charge >= 0.3 is 0 Å². The quantitative estimate of drug-likeness (QED) is 0.823. The van der Waals surface area contributed by atoms with Crippen LogP contribution in [0.25, 0.3) is 0 Å². The van der Waals surface area contributed by atoms with Gasteiger partial charge in [-0.1, -0.05) is 18.9 Å². The molecule has 0 radical (unpaired) electrons. The molecule has 1 aliphatic heterocycles. The zero-order valence-corrected chi connectivity index (χ0v) is 15.5. The van der Waals surface area contributed by atoms with E-state index >= 15 is 0 Å². The molecule has 0 unspecified atom stereocenters. The molecule has 1 aliphatic rings. The first kappa shape index (κ1) is 17.0. The van der Waals surface area contributed by atoms with E-state index in [0.717, 1.165) is 34.5 Å². The molecule has 24 heavy (non-hydrogen) atoms. The summed E-state index contributed by atoms with van der Waals surface area (Å²) in [5, 5.41) is 2.95. The maximum atomic E-state index is 12.6. The number of carbonyl (C=O) groups excluding carboxylic acids is 1. The second-order valence-corrected chi connectivity index (χ2v) is 7.12. The SMILES string of the molecule is Cc1ccc(NC(=O)c2cncc(N3CCCCCC3)c2)c(Br)c1. The van der Waals surface area contributed by atoms with Crippen molar-refractivity contribution in [1.82, 2.24) is 4.98 Å². The molecule has 1 aromatic heterocycles. The van der Waals surface area contributed by atoms with Crippen LogP contribution in [0.1, 0.15) is 41.6 Å². The van der Waals surface area contributed by atoms with Gasteiger partial charge < -0.3 is 10.2 Å². The lowest BCUT2D eigenvalue weighted by atomic mass is 10.2. The van der Waals surface area contributed by atoms with Crippen molar-refractivity contribution in [3.8, 4) is 0 Å². The zero-order chi connectivity index (χ0) is 16.9. The number of hydrogen-bond donors (Lipinski definition) is 1. The molecule has 3 rings (SSSR count). The summed E-state index contributed by atoms with van der Waals surface area (Å²) in [6, 6.07) is 7.81. The van der Waals surface area contributed by atoms with Gasteiger partial charge in [0.2, 0.25) is 0 Å². The lowest BCUT2D eigenvalue weighted by Crippen LogP contribution is -2.24. The molecule has 1 saturated heterocycles. The molecule has 1 amide bonds. The van der Waals surface area contributed by atoms with Crippen LogP contribution in [-0.4, -0.2) is 24.0 Å². The van der Waals surface area contributed by atoms with E-state index < -0.39 is 0 Å². The van der Waals surface area contributed by atoms with Gasteiger partial charge in [0.15, 0.2) is 0 Å². The van der Waals surface area contributed by atoms with Crippen LogP contribution in [-0.2, 0) is 0 Å². The fourth-order valence-electron chi connectivity index (χ4n) is 2.97. The van der Waals surface area contributed by atoms with E-state index in [1.807, 2.05) is 37.4 Å². The fourth-order valence-corrected chi connectivity index (χ4v) is 3.56. The number of nitrogens with one attached hydrogen (secondary N) is 1. The van der Waals surface area contributed by atoms with Crippen LogP contribution in [0.5, 0.6) is 0 Å². The predicted octanol–water partition coefficient (Wildman–Crippen LogP) is 4.79. The number of aromatic nitrogens is 1. The van der Waals surface area contributed by atoms with Crippen LogP contribution >= 0.6 is 15.9 Å². The van der Waals surface area contributed by atoms with Crippen molar-refractivity contribution in [3.63, 3.8) is 0 Å². The minimum Gasteiger partial charge on any atom is -0.370 e. The van der Waals surface area contributed by atoms with E-state index in [2.05, 4.69) is 31.1 Å². The molecule has 1 fully saturated rings. The molecular formula is C19H22BrN3O. The molecule has 2 aromatic rings. The van der Waals surface area contributed by atoms with Crippen LogP contribution in [0.15, 0.2) is 41.1 Å². The number of anilines is 2. The average Bonchev–Trinajstić information content (AvgIpc) is 2.87. The van der Waals surface area contributed by atoms with Gasteiger partial charge in [-0.25, -0.2) is 0 Å². The Morgan fingerprint density at radius 3 is 2.58 bits per heavy atom. The minimum absolute atomic E-state index is 0.135. The number of hydrogen-bond acceptors (Lipinski definition) is 3. The van der Waals surface area contributed by atoms with Crippen molar-refractivity contribution in [2.45, 2.75) is 32.6 Å². The Hall–Kier alpha value is -1.88. The molecule has 2 heterocycles. The third kappa shape index (κ3) is 4.15. The van der Waals surface area contributed by atoms with E-state index in [-0.39, 0.29) is 5.91 Å². The molecule has 0 bridgehead atoms. The van der Waals surface area contributed by atoms with Gasteiger partial charge in [0.05, 0.1) is 23.1 Å². The van der Waals surface area contributed by atoms with Gasteiger partial charge in [-0.15, -0.1) is 0 Å². The number of benzene rings is 1. The summed E-state index contributed by atoms with van der Waals surface area (Å²) in [4.78, 5) is 19.2. The molecule has 0 saturated carbocycles. The maximum Gasteiger partial charge on any atom is 0.257 e. The fraction of sp³-hybridized carbons (Fsp3) is 0.368. The Kier molecular flexibility index (Phi) is 5.51. The van der Waals surface area contributed by atoms with Gasteiger partial charge in [0.25, 0.3) is 5.91 Å². The molecule has 5 heteroatoms. The summed E-state index contributed by atoms with van der Waals surface area (Å²) >= 11 is 3.50. The van der Waals surface area contributed by atoms with Gasteiger partial charge in [-0.05, 0) is 59.5 Å². The Bertz CT molecular complexity index is 724. The first-order valence-corrected chi connectivity index (χ1v) is 9.20. The Morgan fingerprint density at radius 1 is 1.12 bits per heavy atom. The van der Waals surface area contributed by atoms with Crippen molar-refractivity contribution in [2.75, 3.05) is 23.3 Å². The number of amides is 1. The van der Waals surface area contributed by atoms with Crippen molar-refractivity contribution in [3.05, 3.63) is 52.3 Å². The highest BCUT2D eigenvalue weighted by molar-refractivity contribution is 9.10. The molecule has 0 aliphatic carbocycles. The highest BCUT2D eigenvalue weighted by Crippen LogP contribution is 2.25. The summed E-state index contributed by atoms with van der Waals surface area (Å²) < 4.78 is 0.882. The topological polar surface area (TPSA) is 45.2 Å². The summed E-state index contributed by atoms with van der Waals surface area (Å²) in [6.07, 6.45) is 8.44. The number of pyridine rings is 1. The first-order valence-electron chi connectivity index (χ1n) is 8.41. The smallest absolute Gasteiger partial charge is 0.257 e. The van der Waals surface area contributed by atoms with E-state index in [0.29, 0.717) is 5.56 Å². The lowest BCUT2D eigenvalue weighted by molar-refractivity contribution is 0.102. The van der Waals surface area contributed by atoms with Gasteiger partial charge in [0, 0.05) is 23.8 Å². The van der Waals surface area contributed by atoms with Crippen molar-refractivity contribution < 1.29 is 4.79 Å². The van der Waals surface area contributed by atoms with E-state index in [1.165, 1.54) is 25.7 Å². The number of nitrogens with zero attached hydrogens (tertiary/aromatic N) is 2. The zero-order valence-electron chi connectivity index (χ0n) is 13.9. The Morgan fingerprint density at radius 2 is 1.88 bits per heavy atom. The van der Waals surface area contributed by atoms with Crippen LogP contribution in [0.3, 0.4) is 0 Å². The largest absolute Gasteiger partial charge is 0.370 e. The molecule has 1 N–H and O–H groups in total. The van der Waals surface area contributed by atoms with Crippen molar-refractivity contribution in [2.24, 2.45) is 0 Å². The first-order chi connectivity index (χ1) is 11.6. The second kappa shape index (κ2) is 7.79. The van der Waals surface area contributed by atoms with Crippen LogP contribution in [0.4, 0.5) is 11.4 Å². The minimum atomic E-state index is -0.135. The number of rotatable bonds is 3. The third-order valence-corrected chi connectivity index (χ3v) is 4.99. The summed E-state index contributed by atoms with van der Waals surface area (Å²) in [5.74, 6) is -0.135. The van der Waals surface area contributed by atoms with Gasteiger partial charge in [0.1, 0.15) is 0 Å². The van der Waals surface area contributed by atoms with Gasteiger partial charge in [-0.2, -0.15) is 0 Å². The molecule has 126 valence electrons. The lowest BCUT2D eigenvalue weighted by Gasteiger charge is -2.22. The van der Waals surface area contributed by atoms with Crippen molar-refractivity contribution >= 4 is 33.2 Å². The predicted molar refractivity (Wildman–Crippen MR) is 102 cm³/mol. The number of aryl methyl sites for hydroxylation is 1. The van der Waals surface area contributed by atoms with E-state index in [9.17, 15) is 4.79 Å². The van der Waals surface area contributed by atoms with E-state index in [1.54, 1.807) is 6.20 Å². The highest BCUT2D eigenvalue weighted by Gasteiger charge is 2.14. The monoisotopic (exact) mass is 387 g/mol. The number of halogens is 1. The molecule has 0 atom stereocenters. The molecular weight excluding hydrogens is 366 g/mol. The Balaban J connectivity index is 1.76. The van der Waals surface area contributed by atoms with E-state index in [4.69, 9.17) is 0 Å². The normalized spacial score (nSPS) is 15.0. The molecule has 4 nitrogen and oxygen atoms in total. The van der Waals surface area contributed by atoms with Crippen LogP contribution in [0.2, 0.25) is 0 Å². The number of carbonyl (C=O) groups is 1. The van der Waals surface area contributed by atoms with Gasteiger partial charge in [-0.3, -0.25) is 9.78 Å². The van der Waals surface area contributed by atoms with Crippen LogP contribution < -0.4 is 10.2 Å². The molecule has 0 spiro atoms. The summed E-state index contributed by atoms with van der Waals surface area (Å²) in [5.41, 5.74) is 3.53. The second-order valence-electron chi connectivity index (χ2n) is 6.27. The summed E-state index contributed by atoms with van der Waals surface area (Å²) in [6.45, 7) is 4.09. The van der Waals surface area contributed by atoms with Crippen LogP contribution in [0, 0.1) is 6.92 Å². The standard InChI is InChI=1S/C19H22BrN3O/c1-14-6-7-18(17(20)10-14)22-19(24)15-11-16(13-21-12-15)23-8-4-2-3-5-9-23/h6-7,10-13H,2-5,8-9H2,1H3,(H,22,24). The van der Waals surface area contributed by atoms with Crippen molar-refractivity contribution in [1.29, 1.82) is 0 Å². The third-order valence-electron chi connectivity index (χ3n) is 4.33. The summed E-state index contributed by atoms with van der Waals surface area (Å²) in [7, 11) is 0. The maximum absolute atomic E-state index is 12.6. The Labute approximate surface area is 151 Å². The molecule has 1 aromatic carbocycles.